The number of amides is 1. The van der Waals surface area contributed by atoms with Crippen molar-refractivity contribution in [2.45, 2.75) is 20.1 Å². The number of carbonyl (C=O) groups is 1. The molecule has 6 heteroatoms. The minimum Gasteiger partial charge on any atom is -0.380 e. The van der Waals surface area contributed by atoms with Crippen molar-refractivity contribution in [1.29, 1.82) is 0 Å². The molecule has 106 valence electrons. The lowest BCUT2D eigenvalue weighted by molar-refractivity contribution is 0.0781. The van der Waals surface area contributed by atoms with Crippen molar-refractivity contribution in [2.75, 3.05) is 14.2 Å². The molecule has 0 radical (unpaired) electrons. The van der Waals surface area contributed by atoms with Gasteiger partial charge in [0, 0.05) is 19.7 Å². The maximum Gasteiger partial charge on any atom is 0.254 e. The van der Waals surface area contributed by atoms with Crippen LogP contribution in [0.15, 0.2) is 24.3 Å². The molecule has 1 aromatic carbocycles. The van der Waals surface area contributed by atoms with E-state index in [1.165, 1.54) is 0 Å². The number of hydrogen-bond donors (Lipinski definition) is 1. The molecule has 0 aliphatic heterocycles. The highest BCUT2D eigenvalue weighted by molar-refractivity contribution is 5.94. The number of hydrogen-bond acceptors (Lipinski definition) is 4. The van der Waals surface area contributed by atoms with E-state index in [-0.39, 0.29) is 5.91 Å². The highest BCUT2D eigenvalue weighted by Crippen LogP contribution is 2.09. The second kappa shape index (κ2) is 6.29. The Kier molecular flexibility index (Phi) is 4.47. The van der Waals surface area contributed by atoms with Gasteiger partial charge in [-0.15, -0.1) is 0 Å². The lowest BCUT2D eigenvalue weighted by Gasteiger charge is -2.15. The Morgan fingerprint density at radius 1 is 1.35 bits per heavy atom. The largest absolute Gasteiger partial charge is 0.380 e. The average molecular weight is 274 g/mol. The summed E-state index contributed by atoms with van der Waals surface area (Å²) in [4.78, 5) is 18.0. The van der Waals surface area contributed by atoms with Gasteiger partial charge in [-0.1, -0.05) is 12.1 Å². The van der Waals surface area contributed by atoms with Gasteiger partial charge in [0.05, 0.1) is 13.2 Å². The highest BCUT2D eigenvalue weighted by atomic mass is 16.5. The number of aromatic amines is 1. The average Bonchev–Trinajstić information content (AvgIpc) is 2.84. The summed E-state index contributed by atoms with van der Waals surface area (Å²) >= 11 is 0. The zero-order valence-corrected chi connectivity index (χ0v) is 11.9. The van der Waals surface area contributed by atoms with E-state index in [2.05, 4.69) is 15.2 Å². The molecule has 0 bridgehead atoms. The van der Waals surface area contributed by atoms with Crippen LogP contribution in [0.3, 0.4) is 0 Å². The first-order chi connectivity index (χ1) is 9.60. The van der Waals surface area contributed by atoms with Gasteiger partial charge in [-0.25, -0.2) is 4.98 Å². The number of benzene rings is 1. The predicted molar refractivity (Wildman–Crippen MR) is 74.1 cm³/mol. The molecule has 0 fully saturated rings. The van der Waals surface area contributed by atoms with Gasteiger partial charge < -0.3 is 9.64 Å². The SMILES string of the molecule is COCc1ccc(C(=O)N(C)Cc2n[nH]c(C)n2)cc1. The Bertz CT molecular complexity index is 577. The van der Waals surface area contributed by atoms with E-state index in [4.69, 9.17) is 4.74 Å². The summed E-state index contributed by atoms with van der Waals surface area (Å²) in [6.45, 7) is 2.75. The number of H-pyrrole nitrogens is 1. The summed E-state index contributed by atoms with van der Waals surface area (Å²) in [5, 5.41) is 6.78. The Morgan fingerprint density at radius 3 is 2.60 bits per heavy atom. The Morgan fingerprint density at radius 2 is 2.05 bits per heavy atom. The first kappa shape index (κ1) is 14.2. The number of methoxy groups -OCH3 is 1. The number of nitrogens with one attached hydrogen (secondary N) is 1. The molecule has 0 aliphatic carbocycles. The summed E-state index contributed by atoms with van der Waals surface area (Å²) in [6.07, 6.45) is 0. The van der Waals surface area contributed by atoms with Crippen LogP contribution in [-0.4, -0.2) is 40.1 Å². The molecule has 0 saturated heterocycles. The molecule has 1 heterocycles. The Balaban J connectivity index is 2.02. The van der Waals surface area contributed by atoms with E-state index in [1.807, 2.05) is 19.1 Å². The second-order valence-electron chi connectivity index (χ2n) is 4.63. The van der Waals surface area contributed by atoms with Crippen molar-refractivity contribution in [3.8, 4) is 0 Å². The summed E-state index contributed by atoms with van der Waals surface area (Å²) < 4.78 is 5.04. The summed E-state index contributed by atoms with van der Waals surface area (Å²) in [7, 11) is 3.38. The van der Waals surface area contributed by atoms with Crippen molar-refractivity contribution < 1.29 is 9.53 Å². The van der Waals surface area contributed by atoms with Crippen LogP contribution < -0.4 is 0 Å². The number of carbonyl (C=O) groups excluding carboxylic acids is 1. The molecule has 6 nitrogen and oxygen atoms in total. The molecule has 0 spiro atoms. The molecule has 0 aliphatic rings. The standard InChI is InChI=1S/C14H18N4O2/c1-10-15-13(17-16-10)8-18(2)14(19)12-6-4-11(5-7-12)9-20-3/h4-7H,8-9H2,1-3H3,(H,15,16,17). The first-order valence-corrected chi connectivity index (χ1v) is 6.31. The van der Waals surface area contributed by atoms with Gasteiger partial charge in [0.25, 0.3) is 5.91 Å². The lowest BCUT2D eigenvalue weighted by Crippen LogP contribution is -2.26. The molecule has 1 aromatic heterocycles. The van der Waals surface area contributed by atoms with Crippen LogP contribution in [0.4, 0.5) is 0 Å². The van der Waals surface area contributed by atoms with E-state index in [1.54, 1.807) is 31.2 Å². The van der Waals surface area contributed by atoms with Crippen LogP contribution in [-0.2, 0) is 17.9 Å². The normalized spacial score (nSPS) is 10.6. The van der Waals surface area contributed by atoms with Gasteiger partial charge in [0.1, 0.15) is 5.82 Å². The third kappa shape index (κ3) is 3.42. The smallest absolute Gasteiger partial charge is 0.254 e. The van der Waals surface area contributed by atoms with Gasteiger partial charge in [-0.3, -0.25) is 9.89 Å². The van der Waals surface area contributed by atoms with Crippen molar-refractivity contribution in [3.05, 3.63) is 47.0 Å². The third-order valence-electron chi connectivity index (χ3n) is 2.88. The maximum absolute atomic E-state index is 12.3. The van der Waals surface area contributed by atoms with Crippen LogP contribution in [0.1, 0.15) is 27.6 Å². The zero-order valence-electron chi connectivity index (χ0n) is 11.9. The van der Waals surface area contributed by atoms with E-state index in [0.717, 1.165) is 11.4 Å². The predicted octanol–water partition coefficient (Wildman–Crippen LogP) is 1.53. The quantitative estimate of drug-likeness (QED) is 0.897. The summed E-state index contributed by atoms with van der Waals surface area (Å²) in [5.41, 5.74) is 1.68. The number of rotatable bonds is 5. The fraction of sp³-hybridized carbons (Fsp3) is 0.357. The molecule has 0 unspecified atom stereocenters. The fourth-order valence-electron chi connectivity index (χ4n) is 1.87. The van der Waals surface area contributed by atoms with Gasteiger partial charge >= 0.3 is 0 Å². The van der Waals surface area contributed by atoms with Crippen molar-refractivity contribution >= 4 is 5.91 Å². The number of aromatic nitrogens is 3. The first-order valence-electron chi connectivity index (χ1n) is 6.31. The van der Waals surface area contributed by atoms with Gasteiger partial charge in [0.2, 0.25) is 0 Å². The van der Waals surface area contributed by atoms with Crippen molar-refractivity contribution in [1.82, 2.24) is 20.1 Å². The number of nitrogens with zero attached hydrogens (tertiary/aromatic N) is 3. The van der Waals surface area contributed by atoms with Gasteiger partial charge in [-0.2, -0.15) is 5.10 Å². The number of ether oxygens (including phenoxy) is 1. The molecule has 1 amide bonds. The molecule has 2 aromatic rings. The molecule has 2 rings (SSSR count). The van der Waals surface area contributed by atoms with E-state index in [0.29, 0.717) is 24.5 Å². The van der Waals surface area contributed by atoms with Crippen LogP contribution in [0.5, 0.6) is 0 Å². The van der Waals surface area contributed by atoms with Crippen molar-refractivity contribution in [2.24, 2.45) is 0 Å². The van der Waals surface area contributed by atoms with Crippen LogP contribution in [0.2, 0.25) is 0 Å². The molecule has 0 saturated carbocycles. The minimum absolute atomic E-state index is 0.0589. The Labute approximate surface area is 117 Å². The topological polar surface area (TPSA) is 71.1 Å². The third-order valence-corrected chi connectivity index (χ3v) is 2.88. The number of aryl methyl sites for hydroxylation is 1. The van der Waals surface area contributed by atoms with Gasteiger partial charge in [-0.05, 0) is 24.6 Å². The Hall–Kier alpha value is -2.21. The molecule has 20 heavy (non-hydrogen) atoms. The minimum atomic E-state index is -0.0589. The van der Waals surface area contributed by atoms with Gasteiger partial charge in [0.15, 0.2) is 5.82 Å². The zero-order chi connectivity index (χ0) is 14.5. The lowest BCUT2D eigenvalue weighted by atomic mass is 10.1. The summed E-state index contributed by atoms with van der Waals surface area (Å²) in [5.74, 6) is 1.29. The highest BCUT2D eigenvalue weighted by Gasteiger charge is 2.13. The molecule has 0 atom stereocenters. The van der Waals surface area contributed by atoms with E-state index in [9.17, 15) is 4.79 Å². The molecular formula is C14H18N4O2. The van der Waals surface area contributed by atoms with Crippen LogP contribution in [0, 0.1) is 6.92 Å². The van der Waals surface area contributed by atoms with Crippen molar-refractivity contribution in [3.63, 3.8) is 0 Å². The van der Waals surface area contributed by atoms with Crippen LogP contribution in [0.25, 0.3) is 0 Å². The molecular weight excluding hydrogens is 256 g/mol. The summed E-state index contributed by atoms with van der Waals surface area (Å²) in [6, 6.07) is 7.38. The van der Waals surface area contributed by atoms with Crippen LogP contribution >= 0.6 is 0 Å². The molecule has 1 N–H and O–H groups in total. The van der Waals surface area contributed by atoms with E-state index >= 15 is 0 Å². The maximum atomic E-state index is 12.3. The van der Waals surface area contributed by atoms with E-state index < -0.39 is 0 Å². The fourth-order valence-corrected chi connectivity index (χ4v) is 1.87. The monoisotopic (exact) mass is 274 g/mol. The second-order valence-corrected chi connectivity index (χ2v) is 4.63.